The highest BCUT2D eigenvalue weighted by Gasteiger charge is 2.34. The van der Waals surface area contributed by atoms with Gasteiger partial charge in [-0.2, -0.15) is 10.2 Å². The molecule has 0 saturated carbocycles. The van der Waals surface area contributed by atoms with E-state index in [1.807, 2.05) is 38.5 Å². The molecule has 0 bridgehead atoms. The van der Waals surface area contributed by atoms with Crippen LogP contribution in [0.5, 0.6) is 0 Å². The van der Waals surface area contributed by atoms with Crippen molar-refractivity contribution < 1.29 is 4.79 Å². The maximum atomic E-state index is 12.8. The zero-order valence-electron chi connectivity index (χ0n) is 14.1. The molecule has 2 aromatic heterocycles. The first-order valence-corrected chi connectivity index (χ1v) is 8.06. The Morgan fingerprint density at radius 3 is 2.92 bits per heavy atom. The number of hydrogen-bond donors (Lipinski definition) is 3. The second kappa shape index (κ2) is 6.85. The van der Waals surface area contributed by atoms with Crippen molar-refractivity contribution in [3.05, 3.63) is 41.9 Å². The normalized spacial score (nSPS) is 19.8. The van der Waals surface area contributed by atoms with Gasteiger partial charge in [0.1, 0.15) is 0 Å². The molecule has 3 N–H and O–H groups in total. The third kappa shape index (κ3) is 3.12. The summed E-state index contributed by atoms with van der Waals surface area (Å²) < 4.78 is 1.77. The van der Waals surface area contributed by atoms with Gasteiger partial charge >= 0.3 is 0 Å². The lowest BCUT2D eigenvalue weighted by molar-refractivity contribution is -0.119. The minimum atomic E-state index is -0.117. The van der Waals surface area contributed by atoms with E-state index in [1.54, 1.807) is 10.9 Å². The number of halogens is 1. The monoisotopic (exact) mass is 360 g/mol. The molecule has 1 saturated heterocycles. The Balaban J connectivity index is 0.00000182. The Morgan fingerprint density at radius 1 is 1.32 bits per heavy atom. The first kappa shape index (κ1) is 17.4. The van der Waals surface area contributed by atoms with E-state index < -0.39 is 0 Å². The molecular weight excluding hydrogens is 340 g/mol. The number of nitrogens with one attached hydrogen (secondary N) is 3. The van der Waals surface area contributed by atoms with Crippen molar-refractivity contribution in [2.45, 2.75) is 12.8 Å². The summed E-state index contributed by atoms with van der Waals surface area (Å²) in [6.07, 6.45) is 5.61. The second-order valence-corrected chi connectivity index (χ2v) is 6.40. The fourth-order valence-electron chi connectivity index (χ4n) is 3.44. The van der Waals surface area contributed by atoms with Gasteiger partial charge in [0.15, 0.2) is 0 Å². The minimum absolute atomic E-state index is 0. The van der Waals surface area contributed by atoms with Gasteiger partial charge in [0, 0.05) is 37.6 Å². The molecule has 0 spiro atoms. The van der Waals surface area contributed by atoms with Crippen LogP contribution in [0, 0.1) is 12.8 Å². The van der Waals surface area contributed by atoms with Gasteiger partial charge in [0.2, 0.25) is 5.91 Å². The van der Waals surface area contributed by atoms with Crippen LogP contribution in [0.1, 0.15) is 17.0 Å². The van der Waals surface area contributed by atoms with Gasteiger partial charge in [-0.1, -0.05) is 6.07 Å². The van der Waals surface area contributed by atoms with Crippen LogP contribution < -0.4 is 10.6 Å². The molecule has 8 heteroatoms. The van der Waals surface area contributed by atoms with Gasteiger partial charge in [-0.15, -0.1) is 12.4 Å². The van der Waals surface area contributed by atoms with Crippen LogP contribution in [0.15, 0.2) is 30.7 Å². The standard InChI is InChI=1S/C17H20N6O.ClH/c1-10-3-4-15(16-12(10)8-19-22-16)21-17(24)14-7-18-6-13(14)11-5-20-23(2)9-11;/h3-5,8-9,13-14,18H,6-7H2,1-2H3,(H,19,22)(H,21,24);1H/t13-,14+;/m1./s1. The molecule has 3 heterocycles. The summed E-state index contributed by atoms with van der Waals surface area (Å²) in [6.45, 7) is 3.49. The maximum absolute atomic E-state index is 12.8. The van der Waals surface area contributed by atoms with Crippen LogP contribution in [-0.4, -0.2) is 39.0 Å². The molecule has 1 amide bonds. The number of aromatic nitrogens is 4. The Labute approximate surface area is 151 Å². The van der Waals surface area contributed by atoms with Gasteiger partial charge in [-0.3, -0.25) is 14.6 Å². The molecule has 1 aromatic carbocycles. The Kier molecular flexibility index (Phi) is 4.78. The number of amides is 1. The number of hydrogen-bond acceptors (Lipinski definition) is 4. The quantitative estimate of drug-likeness (QED) is 0.666. The van der Waals surface area contributed by atoms with Crippen LogP contribution in [0.2, 0.25) is 0 Å². The number of aryl methyl sites for hydroxylation is 2. The van der Waals surface area contributed by atoms with Crippen molar-refractivity contribution >= 4 is 34.9 Å². The van der Waals surface area contributed by atoms with Crippen LogP contribution in [0.25, 0.3) is 10.9 Å². The summed E-state index contributed by atoms with van der Waals surface area (Å²) in [5, 5.41) is 18.7. The lowest BCUT2D eigenvalue weighted by Gasteiger charge is -2.17. The van der Waals surface area contributed by atoms with E-state index in [-0.39, 0.29) is 30.2 Å². The number of H-pyrrole nitrogens is 1. The molecule has 25 heavy (non-hydrogen) atoms. The smallest absolute Gasteiger partial charge is 0.229 e. The number of fused-ring (bicyclic) bond motifs is 1. The molecule has 0 unspecified atom stereocenters. The van der Waals surface area contributed by atoms with Crippen LogP contribution in [0.3, 0.4) is 0 Å². The Morgan fingerprint density at radius 2 is 2.16 bits per heavy atom. The topological polar surface area (TPSA) is 87.6 Å². The SMILES string of the molecule is Cc1ccc(NC(=O)[C@H]2CNC[C@@H]2c2cnn(C)c2)c2[nH]ncc12.Cl. The van der Waals surface area contributed by atoms with Crippen molar-refractivity contribution in [1.82, 2.24) is 25.3 Å². The fraction of sp³-hybridized carbons (Fsp3) is 0.353. The number of benzene rings is 1. The lowest BCUT2D eigenvalue weighted by Crippen LogP contribution is -2.28. The third-order valence-electron chi connectivity index (χ3n) is 4.80. The lowest BCUT2D eigenvalue weighted by atomic mass is 9.90. The fourth-order valence-corrected chi connectivity index (χ4v) is 3.44. The van der Waals surface area contributed by atoms with Crippen LogP contribution in [0.4, 0.5) is 5.69 Å². The predicted octanol–water partition coefficient (Wildman–Crippen LogP) is 1.97. The minimum Gasteiger partial charge on any atom is -0.324 e. The van der Waals surface area contributed by atoms with E-state index in [0.717, 1.165) is 34.3 Å². The number of carbonyl (C=O) groups is 1. The summed E-state index contributed by atoms with van der Waals surface area (Å²) in [7, 11) is 1.89. The molecule has 3 aromatic rings. The molecule has 2 atom stereocenters. The van der Waals surface area contributed by atoms with Gasteiger partial charge < -0.3 is 10.6 Å². The predicted molar refractivity (Wildman–Crippen MR) is 99.0 cm³/mol. The molecule has 0 radical (unpaired) electrons. The molecule has 132 valence electrons. The summed E-state index contributed by atoms with van der Waals surface area (Å²) in [4.78, 5) is 12.8. The number of carbonyl (C=O) groups excluding carboxylic acids is 1. The Hall–Kier alpha value is -2.38. The van der Waals surface area contributed by atoms with E-state index >= 15 is 0 Å². The van der Waals surface area contributed by atoms with Gasteiger partial charge in [-0.05, 0) is 24.1 Å². The van der Waals surface area contributed by atoms with Crippen molar-refractivity contribution in [3.8, 4) is 0 Å². The molecule has 4 rings (SSSR count). The first-order valence-electron chi connectivity index (χ1n) is 8.06. The first-order chi connectivity index (χ1) is 11.6. The van der Waals surface area contributed by atoms with Gasteiger partial charge in [0.25, 0.3) is 0 Å². The number of aromatic amines is 1. The number of anilines is 1. The zero-order chi connectivity index (χ0) is 16.7. The van der Waals surface area contributed by atoms with Crippen molar-refractivity contribution in [2.24, 2.45) is 13.0 Å². The third-order valence-corrected chi connectivity index (χ3v) is 4.80. The molecule has 7 nitrogen and oxygen atoms in total. The van der Waals surface area contributed by atoms with Crippen LogP contribution >= 0.6 is 12.4 Å². The maximum Gasteiger partial charge on any atom is 0.229 e. The largest absolute Gasteiger partial charge is 0.324 e. The van der Waals surface area contributed by atoms with Crippen molar-refractivity contribution in [2.75, 3.05) is 18.4 Å². The summed E-state index contributed by atoms with van der Waals surface area (Å²) in [5.41, 5.74) is 3.87. The summed E-state index contributed by atoms with van der Waals surface area (Å²) in [5.74, 6) is 0.0449. The molecule has 1 aliphatic rings. The summed E-state index contributed by atoms with van der Waals surface area (Å²) in [6, 6.07) is 3.92. The van der Waals surface area contributed by atoms with E-state index in [9.17, 15) is 4.79 Å². The van der Waals surface area contributed by atoms with Crippen LogP contribution in [-0.2, 0) is 11.8 Å². The highest BCUT2D eigenvalue weighted by molar-refractivity contribution is 6.02. The van der Waals surface area contributed by atoms with E-state index in [1.165, 1.54) is 0 Å². The average Bonchev–Trinajstić information content (AvgIpc) is 3.28. The Bertz CT molecular complexity index is 902. The number of rotatable bonds is 3. The zero-order valence-corrected chi connectivity index (χ0v) is 14.9. The second-order valence-electron chi connectivity index (χ2n) is 6.40. The van der Waals surface area contributed by atoms with E-state index in [2.05, 4.69) is 25.9 Å². The summed E-state index contributed by atoms with van der Waals surface area (Å²) >= 11 is 0. The average molecular weight is 361 g/mol. The van der Waals surface area contributed by atoms with Gasteiger partial charge in [0.05, 0.1) is 29.5 Å². The molecular formula is C17H21ClN6O. The highest BCUT2D eigenvalue weighted by Crippen LogP contribution is 2.30. The molecule has 0 aliphatic carbocycles. The van der Waals surface area contributed by atoms with Crippen molar-refractivity contribution in [3.63, 3.8) is 0 Å². The molecule has 1 aliphatic heterocycles. The highest BCUT2D eigenvalue weighted by atomic mass is 35.5. The molecule has 1 fully saturated rings. The van der Waals surface area contributed by atoms with Crippen molar-refractivity contribution in [1.29, 1.82) is 0 Å². The van der Waals surface area contributed by atoms with E-state index in [4.69, 9.17) is 0 Å². The number of nitrogens with zero attached hydrogens (tertiary/aromatic N) is 3. The van der Waals surface area contributed by atoms with Gasteiger partial charge in [-0.25, -0.2) is 0 Å². The van der Waals surface area contributed by atoms with E-state index in [0.29, 0.717) is 6.54 Å².